The van der Waals surface area contributed by atoms with Crippen LogP contribution in [0.25, 0.3) is 0 Å². The van der Waals surface area contributed by atoms with Crippen molar-refractivity contribution in [3.63, 3.8) is 0 Å². The number of halogens is 1. The van der Waals surface area contributed by atoms with Crippen LogP contribution in [0.1, 0.15) is 30.4 Å². The Balaban J connectivity index is 0.00000144. The first-order chi connectivity index (χ1) is 7.79. The molecule has 96 valence electrons. The number of piperidine rings is 1. The largest absolute Gasteiger partial charge is 0.329 e. The number of rotatable bonds is 3. The number of benzene rings is 1. The molecule has 0 bridgehead atoms. The van der Waals surface area contributed by atoms with Gasteiger partial charge < -0.3 is 5.73 Å². The fourth-order valence-electron chi connectivity index (χ4n) is 2.46. The molecule has 0 spiro atoms. The number of nitrogens with zero attached hydrogens (tertiary/aromatic N) is 1. The molecule has 2 nitrogen and oxygen atoms in total. The molecule has 1 saturated heterocycles. The van der Waals surface area contributed by atoms with Crippen molar-refractivity contribution in [2.45, 2.75) is 38.8 Å². The number of hydrogen-bond donors (Lipinski definition) is 1. The Bertz CT molecular complexity index is 323. The van der Waals surface area contributed by atoms with E-state index >= 15 is 0 Å². The van der Waals surface area contributed by atoms with Gasteiger partial charge in [0, 0.05) is 19.1 Å². The Morgan fingerprint density at radius 2 is 1.94 bits per heavy atom. The molecular weight excluding hydrogens is 232 g/mol. The van der Waals surface area contributed by atoms with Crippen LogP contribution in [0.2, 0.25) is 0 Å². The standard InChI is InChI=1S/C14H22N2.ClH/c1-12-5-7-13(8-6-12)11-16-9-3-2-4-14(16)10-15;/h5-8,14H,2-4,9-11,15H2,1H3;1H. The summed E-state index contributed by atoms with van der Waals surface area (Å²) in [5.41, 5.74) is 8.57. The van der Waals surface area contributed by atoms with E-state index in [1.165, 1.54) is 36.9 Å². The lowest BCUT2D eigenvalue weighted by Crippen LogP contribution is -2.43. The summed E-state index contributed by atoms with van der Waals surface area (Å²) in [5, 5.41) is 0. The lowest BCUT2D eigenvalue weighted by molar-refractivity contribution is 0.145. The third kappa shape index (κ3) is 3.98. The van der Waals surface area contributed by atoms with Crippen LogP contribution in [-0.2, 0) is 6.54 Å². The SMILES string of the molecule is Cc1ccc(CN2CCCCC2CN)cc1.Cl. The van der Waals surface area contributed by atoms with Gasteiger partial charge in [0.1, 0.15) is 0 Å². The molecule has 0 radical (unpaired) electrons. The summed E-state index contributed by atoms with van der Waals surface area (Å²) in [5.74, 6) is 0. The van der Waals surface area contributed by atoms with Crippen molar-refractivity contribution in [1.29, 1.82) is 0 Å². The molecule has 1 atom stereocenters. The number of aryl methyl sites for hydroxylation is 1. The van der Waals surface area contributed by atoms with E-state index in [2.05, 4.69) is 36.1 Å². The second-order valence-electron chi connectivity index (χ2n) is 4.84. The zero-order valence-electron chi connectivity index (χ0n) is 10.6. The van der Waals surface area contributed by atoms with Crippen LogP contribution < -0.4 is 5.73 Å². The fourth-order valence-corrected chi connectivity index (χ4v) is 2.46. The molecule has 17 heavy (non-hydrogen) atoms. The summed E-state index contributed by atoms with van der Waals surface area (Å²) in [4.78, 5) is 2.54. The minimum Gasteiger partial charge on any atom is -0.329 e. The van der Waals surface area contributed by atoms with E-state index in [9.17, 15) is 0 Å². The van der Waals surface area contributed by atoms with E-state index in [1.54, 1.807) is 0 Å². The van der Waals surface area contributed by atoms with Gasteiger partial charge in [-0.3, -0.25) is 4.90 Å². The van der Waals surface area contributed by atoms with Crippen LogP contribution in [0.5, 0.6) is 0 Å². The number of likely N-dealkylation sites (tertiary alicyclic amines) is 1. The topological polar surface area (TPSA) is 29.3 Å². The van der Waals surface area contributed by atoms with Crippen molar-refractivity contribution in [2.24, 2.45) is 5.73 Å². The minimum absolute atomic E-state index is 0. The van der Waals surface area contributed by atoms with E-state index in [-0.39, 0.29) is 12.4 Å². The highest BCUT2D eigenvalue weighted by atomic mass is 35.5. The Kier molecular flexibility index (Phi) is 5.96. The van der Waals surface area contributed by atoms with Crippen LogP contribution in [0.4, 0.5) is 0 Å². The minimum atomic E-state index is 0. The van der Waals surface area contributed by atoms with Gasteiger partial charge in [-0.1, -0.05) is 36.2 Å². The second kappa shape index (κ2) is 7.00. The van der Waals surface area contributed by atoms with Crippen molar-refractivity contribution < 1.29 is 0 Å². The van der Waals surface area contributed by atoms with Crippen LogP contribution in [0.3, 0.4) is 0 Å². The lowest BCUT2D eigenvalue weighted by atomic mass is 10.0. The maximum Gasteiger partial charge on any atom is 0.0237 e. The van der Waals surface area contributed by atoms with E-state index < -0.39 is 0 Å². The van der Waals surface area contributed by atoms with Crippen LogP contribution in [0, 0.1) is 6.92 Å². The molecule has 1 aromatic carbocycles. The van der Waals surface area contributed by atoms with Gasteiger partial charge in [0.15, 0.2) is 0 Å². The van der Waals surface area contributed by atoms with Gasteiger partial charge in [-0.25, -0.2) is 0 Å². The highest BCUT2D eigenvalue weighted by molar-refractivity contribution is 5.85. The fraction of sp³-hybridized carbons (Fsp3) is 0.571. The second-order valence-corrected chi connectivity index (χ2v) is 4.84. The Hall–Kier alpha value is -0.570. The van der Waals surface area contributed by atoms with Gasteiger partial charge in [-0.05, 0) is 31.9 Å². The molecule has 3 heteroatoms. The van der Waals surface area contributed by atoms with Crippen LogP contribution in [-0.4, -0.2) is 24.0 Å². The van der Waals surface area contributed by atoms with E-state index in [0.29, 0.717) is 6.04 Å². The predicted molar refractivity (Wildman–Crippen MR) is 75.5 cm³/mol. The Morgan fingerprint density at radius 3 is 2.59 bits per heavy atom. The van der Waals surface area contributed by atoms with Crippen molar-refractivity contribution in [3.8, 4) is 0 Å². The van der Waals surface area contributed by atoms with Crippen LogP contribution >= 0.6 is 12.4 Å². The summed E-state index contributed by atoms with van der Waals surface area (Å²) >= 11 is 0. The molecule has 1 heterocycles. The molecule has 2 rings (SSSR count). The van der Waals surface area contributed by atoms with Gasteiger partial charge in [-0.2, -0.15) is 0 Å². The van der Waals surface area contributed by atoms with Gasteiger partial charge in [0.05, 0.1) is 0 Å². The molecule has 1 fully saturated rings. The maximum absolute atomic E-state index is 5.83. The first-order valence-electron chi connectivity index (χ1n) is 6.29. The molecular formula is C14H23ClN2. The maximum atomic E-state index is 5.83. The summed E-state index contributed by atoms with van der Waals surface area (Å²) in [6, 6.07) is 9.44. The molecule has 1 aliphatic rings. The predicted octanol–water partition coefficient (Wildman–Crippen LogP) is 2.73. The summed E-state index contributed by atoms with van der Waals surface area (Å²) in [6.07, 6.45) is 3.93. The zero-order valence-corrected chi connectivity index (χ0v) is 11.4. The molecule has 0 aliphatic carbocycles. The van der Waals surface area contributed by atoms with Crippen molar-refractivity contribution in [2.75, 3.05) is 13.1 Å². The molecule has 1 aliphatic heterocycles. The summed E-state index contributed by atoms with van der Waals surface area (Å²) in [6.45, 7) is 5.19. The van der Waals surface area contributed by atoms with Gasteiger partial charge in [-0.15, -0.1) is 12.4 Å². The van der Waals surface area contributed by atoms with Crippen molar-refractivity contribution >= 4 is 12.4 Å². The molecule has 1 aromatic rings. The summed E-state index contributed by atoms with van der Waals surface area (Å²) in [7, 11) is 0. The Morgan fingerprint density at radius 1 is 1.24 bits per heavy atom. The third-order valence-electron chi connectivity index (χ3n) is 3.53. The molecule has 0 saturated carbocycles. The average molecular weight is 255 g/mol. The first-order valence-corrected chi connectivity index (χ1v) is 6.29. The Labute approximate surface area is 111 Å². The molecule has 0 amide bonds. The highest BCUT2D eigenvalue weighted by Gasteiger charge is 2.20. The quantitative estimate of drug-likeness (QED) is 0.899. The zero-order chi connectivity index (χ0) is 11.4. The monoisotopic (exact) mass is 254 g/mol. The molecule has 1 unspecified atom stereocenters. The summed E-state index contributed by atoms with van der Waals surface area (Å²) < 4.78 is 0. The van der Waals surface area contributed by atoms with E-state index in [4.69, 9.17) is 5.73 Å². The average Bonchev–Trinajstić information content (AvgIpc) is 2.33. The van der Waals surface area contributed by atoms with E-state index in [0.717, 1.165) is 13.1 Å². The number of hydrogen-bond acceptors (Lipinski definition) is 2. The number of nitrogens with two attached hydrogens (primary N) is 1. The van der Waals surface area contributed by atoms with Gasteiger partial charge >= 0.3 is 0 Å². The molecule has 0 aromatic heterocycles. The van der Waals surface area contributed by atoms with Crippen molar-refractivity contribution in [1.82, 2.24) is 4.90 Å². The normalized spacial score (nSPS) is 20.9. The first kappa shape index (κ1) is 14.5. The molecule has 2 N–H and O–H groups in total. The van der Waals surface area contributed by atoms with Crippen molar-refractivity contribution in [3.05, 3.63) is 35.4 Å². The highest BCUT2D eigenvalue weighted by Crippen LogP contribution is 2.19. The van der Waals surface area contributed by atoms with E-state index in [1.807, 2.05) is 0 Å². The van der Waals surface area contributed by atoms with Crippen LogP contribution in [0.15, 0.2) is 24.3 Å². The smallest absolute Gasteiger partial charge is 0.0237 e. The van der Waals surface area contributed by atoms with Gasteiger partial charge in [0.2, 0.25) is 0 Å². The van der Waals surface area contributed by atoms with Gasteiger partial charge in [0.25, 0.3) is 0 Å². The third-order valence-corrected chi connectivity index (χ3v) is 3.53. The lowest BCUT2D eigenvalue weighted by Gasteiger charge is -2.35.